The van der Waals surface area contributed by atoms with Crippen molar-refractivity contribution >= 4 is 0 Å². The number of aryl methyl sites for hydroxylation is 1. The number of phenolic OH excluding ortho intramolecular Hbond substituents is 1. The molecular weight excluding hydrogens is 192 g/mol. The Hall–Kier alpha value is -1.97. The molecule has 2 rings (SSSR count). The van der Waals surface area contributed by atoms with Crippen LogP contribution in [0.25, 0.3) is 0 Å². The lowest BCUT2D eigenvalue weighted by atomic mass is 10.3. The molecule has 0 aliphatic carbocycles. The zero-order valence-corrected chi connectivity index (χ0v) is 8.42. The first-order valence-electron chi connectivity index (χ1n) is 4.64. The Morgan fingerprint density at radius 1 is 1.33 bits per heavy atom. The minimum Gasteiger partial charge on any atom is -0.508 e. The molecule has 0 saturated carbocycles. The summed E-state index contributed by atoms with van der Waals surface area (Å²) in [5, 5.41) is 9.08. The van der Waals surface area contributed by atoms with Crippen LogP contribution in [0.3, 0.4) is 0 Å². The maximum absolute atomic E-state index is 9.08. The van der Waals surface area contributed by atoms with Crippen LogP contribution in [-0.4, -0.2) is 14.7 Å². The second-order valence-electron chi connectivity index (χ2n) is 3.24. The van der Waals surface area contributed by atoms with E-state index >= 15 is 0 Å². The molecule has 1 aromatic heterocycles. The molecule has 0 bridgehead atoms. The lowest BCUT2D eigenvalue weighted by molar-refractivity contribution is 0.291. The Balaban J connectivity index is 1.99. The van der Waals surface area contributed by atoms with Crippen LogP contribution in [0.2, 0.25) is 0 Å². The molecule has 1 N–H and O–H groups in total. The summed E-state index contributed by atoms with van der Waals surface area (Å²) in [6.07, 6.45) is 3.60. The van der Waals surface area contributed by atoms with Gasteiger partial charge in [-0.2, -0.15) is 0 Å². The molecule has 2 aromatic rings. The Morgan fingerprint density at radius 3 is 2.67 bits per heavy atom. The highest BCUT2D eigenvalue weighted by molar-refractivity contribution is 5.30. The van der Waals surface area contributed by atoms with Gasteiger partial charge in [-0.05, 0) is 24.3 Å². The summed E-state index contributed by atoms with van der Waals surface area (Å²) < 4.78 is 7.39. The number of ether oxygens (including phenoxy) is 1. The topological polar surface area (TPSA) is 47.3 Å². The van der Waals surface area contributed by atoms with Gasteiger partial charge in [0.2, 0.25) is 0 Å². The van der Waals surface area contributed by atoms with Crippen molar-refractivity contribution in [3.8, 4) is 11.5 Å². The van der Waals surface area contributed by atoms with Crippen LogP contribution >= 0.6 is 0 Å². The second-order valence-corrected chi connectivity index (χ2v) is 3.24. The van der Waals surface area contributed by atoms with E-state index in [0.29, 0.717) is 6.61 Å². The van der Waals surface area contributed by atoms with E-state index in [-0.39, 0.29) is 5.75 Å². The lowest BCUT2D eigenvalue weighted by Crippen LogP contribution is -2.02. The van der Waals surface area contributed by atoms with Gasteiger partial charge in [0.15, 0.2) is 0 Å². The molecule has 0 aliphatic heterocycles. The van der Waals surface area contributed by atoms with Crippen molar-refractivity contribution in [1.29, 1.82) is 0 Å². The summed E-state index contributed by atoms with van der Waals surface area (Å²) in [7, 11) is 1.92. The quantitative estimate of drug-likeness (QED) is 0.827. The molecule has 15 heavy (non-hydrogen) atoms. The van der Waals surface area contributed by atoms with Gasteiger partial charge in [-0.1, -0.05) is 0 Å². The average Bonchev–Trinajstić information content (AvgIpc) is 2.63. The summed E-state index contributed by atoms with van der Waals surface area (Å²) in [6, 6.07) is 6.62. The van der Waals surface area contributed by atoms with Crippen LogP contribution in [0.15, 0.2) is 36.7 Å². The van der Waals surface area contributed by atoms with E-state index in [1.54, 1.807) is 30.5 Å². The first-order chi connectivity index (χ1) is 7.25. The van der Waals surface area contributed by atoms with Gasteiger partial charge in [0.1, 0.15) is 23.9 Å². The van der Waals surface area contributed by atoms with Crippen molar-refractivity contribution in [2.75, 3.05) is 0 Å². The maximum atomic E-state index is 9.08. The summed E-state index contributed by atoms with van der Waals surface area (Å²) in [4.78, 5) is 4.14. The summed E-state index contributed by atoms with van der Waals surface area (Å²) in [6.45, 7) is 0.425. The molecule has 1 aromatic carbocycles. The van der Waals surface area contributed by atoms with Gasteiger partial charge in [0.25, 0.3) is 0 Å². The van der Waals surface area contributed by atoms with E-state index in [1.165, 1.54) is 0 Å². The van der Waals surface area contributed by atoms with Crippen LogP contribution in [0.5, 0.6) is 11.5 Å². The second kappa shape index (κ2) is 4.04. The van der Waals surface area contributed by atoms with Crippen molar-refractivity contribution in [2.24, 2.45) is 7.05 Å². The molecule has 0 saturated heterocycles. The average molecular weight is 204 g/mol. The lowest BCUT2D eigenvalue weighted by Gasteiger charge is -2.05. The zero-order chi connectivity index (χ0) is 10.7. The van der Waals surface area contributed by atoms with Crippen LogP contribution in [0.4, 0.5) is 0 Å². The van der Waals surface area contributed by atoms with Gasteiger partial charge < -0.3 is 14.4 Å². The van der Waals surface area contributed by atoms with E-state index < -0.39 is 0 Å². The van der Waals surface area contributed by atoms with Gasteiger partial charge >= 0.3 is 0 Å². The van der Waals surface area contributed by atoms with E-state index in [2.05, 4.69) is 4.98 Å². The van der Waals surface area contributed by atoms with Gasteiger partial charge in [0.05, 0.1) is 0 Å². The fourth-order valence-corrected chi connectivity index (χ4v) is 1.23. The number of phenols is 1. The highest BCUT2D eigenvalue weighted by Gasteiger charge is 2.00. The fraction of sp³-hybridized carbons (Fsp3) is 0.182. The normalized spacial score (nSPS) is 10.2. The number of imidazole rings is 1. The standard InChI is InChI=1S/C11H12N2O2/c1-13-7-6-12-11(13)8-15-10-4-2-9(14)3-5-10/h2-7,14H,8H2,1H3. The van der Waals surface area contributed by atoms with E-state index in [4.69, 9.17) is 9.84 Å². The molecule has 78 valence electrons. The fourth-order valence-electron chi connectivity index (χ4n) is 1.23. The SMILES string of the molecule is Cn1ccnc1COc1ccc(O)cc1. The van der Waals surface area contributed by atoms with Crippen LogP contribution in [0.1, 0.15) is 5.82 Å². The predicted molar refractivity (Wildman–Crippen MR) is 55.6 cm³/mol. The zero-order valence-electron chi connectivity index (χ0n) is 8.42. The molecule has 0 spiro atoms. The molecular formula is C11H12N2O2. The van der Waals surface area contributed by atoms with Crippen molar-refractivity contribution < 1.29 is 9.84 Å². The number of rotatable bonds is 3. The number of hydrogen-bond donors (Lipinski definition) is 1. The predicted octanol–water partition coefficient (Wildman–Crippen LogP) is 1.70. The van der Waals surface area contributed by atoms with E-state index in [1.807, 2.05) is 17.8 Å². The summed E-state index contributed by atoms with van der Waals surface area (Å²) in [5.41, 5.74) is 0. The first-order valence-corrected chi connectivity index (χ1v) is 4.64. The van der Waals surface area contributed by atoms with E-state index in [9.17, 15) is 0 Å². The molecule has 0 aliphatic rings. The van der Waals surface area contributed by atoms with Crippen molar-refractivity contribution in [2.45, 2.75) is 6.61 Å². The number of nitrogens with zero attached hydrogens (tertiary/aromatic N) is 2. The molecule has 0 atom stereocenters. The molecule has 1 heterocycles. The first kappa shape index (κ1) is 9.58. The molecule has 0 unspecified atom stereocenters. The minimum absolute atomic E-state index is 0.236. The Labute approximate surface area is 87.8 Å². The Bertz CT molecular complexity index is 434. The van der Waals surface area contributed by atoms with Crippen molar-refractivity contribution in [3.05, 3.63) is 42.5 Å². The number of hydrogen-bond acceptors (Lipinski definition) is 3. The Kier molecular flexibility index (Phi) is 2.58. The van der Waals surface area contributed by atoms with Gasteiger partial charge in [0, 0.05) is 19.4 Å². The molecule has 4 heteroatoms. The van der Waals surface area contributed by atoms with Crippen molar-refractivity contribution in [3.63, 3.8) is 0 Å². The molecule has 0 radical (unpaired) electrons. The van der Waals surface area contributed by atoms with Crippen LogP contribution in [0, 0.1) is 0 Å². The number of aromatic hydroxyl groups is 1. The number of aromatic nitrogens is 2. The monoisotopic (exact) mass is 204 g/mol. The van der Waals surface area contributed by atoms with Gasteiger partial charge in [-0.3, -0.25) is 0 Å². The molecule has 0 amide bonds. The number of benzene rings is 1. The third kappa shape index (κ3) is 2.28. The highest BCUT2D eigenvalue weighted by atomic mass is 16.5. The van der Waals surface area contributed by atoms with E-state index in [0.717, 1.165) is 11.6 Å². The summed E-state index contributed by atoms with van der Waals surface area (Å²) in [5.74, 6) is 1.82. The highest BCUT2D eigenvalue weighted by Crippen LogP contribution is 2.16. The van der Waals surface area contributed by atoms with Gasteiger partial charge in [-0.15, -0.1) is 0 Å². The van der Waals surface area contributed by atoms with Crippen LogP contribution < -0.4 is 4.74 Å². The van der Waals surface area contributed by atoms with Crippen LogP contribution in [-0.2, 0) is 13.7 Å². The Morgan fingerprint density at radius 2 is 2.07 bits per heavy atom. The molecule has 4 nitrogen and oxygen atoms in total. The third-order valence-corrected chi connectivity index (χ3v) is 2.13. The van der Waals surface area contributed by atoms with Gasteiger partial charge in [-0.25, -0.2) is 4.98 Å². The largest absolute Gasteiger partial charge is 0.508 e. The smallest absolute Gasteiger partial charge is 0.146 e. The minimum atomic E-state index is 0.236. The maximum Gasteiger partial charge on any atom is 0.146 e. The van der Waals surface area contributed by atoms with Crippen molar-refractivity contribution in [1.82, 2.24) is 9.55 Å². The third-order valence-electron chi connectivity index (χ3n) is 2.13. The summed E-state index contributed by atoms with van der Waals surface area (Å²) >= 11 is 0. The molecule has 0 fully saturated rings.